The van der Waals surface area contributed by atoms with Gasteiger partial charge >= 0.3 is 0 Å². The van der Waals surface area contributed by atoms with Crippen LogP contribution in [0, 0.1) is 0 Å². The topological polar surface area (TPSA) is 23.5 Å². The predicted molar refractivity (Wildman–Crippen MR) is 213 cm³/mol. The molecule has 2 heteroatoms. The van der Waals surface area contributed by atoms with E-state index in [-0.39, 0.29) is 5.75 Å². The molecule has 0 bridgehead atoms. The highest BCUT2D eigenvalue weighted by Gasteiger charge is 2.15. The molecule has 0 spiro atoms. The number of rotatable bonds is 6. The molecule has 0 saturated heterocycles. The summed E-state index contributed by atoms with van der Waals surface area (Å²) in [4.78, 5) is 2.34. The number of anilines is 3. The Balaban J connectivity index is 1.11. The molecule has 8 aromatic carbocycles. The Morgan fingerprint density at radius 1 is 0.380 bits per heavy atom. The Labute approximate surface area is 292 Å². The predicted octanol–water partition coefficient (Wildman–Crippen LogP) is 13.4. The van der Waals surface area contributed by atoms with Gasteiger partial charge in [-0.1, -0.05) is 127 Å². The van der Waals surface area contributed by atoms with E-state index in [0.717, 1.165) is 51.6 Å². The van der Waals surface area contributed by atoms with Gasteiger partial charge in [0.15, 0.2) is 0 Å². The second-order valence-electron chi connectivity index (χ2n) is 13.0. The number of allylic oxidation sites excluding steroid dienone is 4. The van der Waals surface area contributed by atoms with Crippen LogP contribution in [-0.4, -0.2) is 5.11 Å². The number of fused-ring (bicyclic) bond motifs is 6. The zero-order valence-electron chi connectivity index (χ0n) is 27.6. The molecular formula is C48H35NO. The summed E-state index contributed by atoms with van der Waals surface area (Å²) < 4.78 is 0. The summed E-state index contributed by atoms with van der Waals surface area (Å²) >= 11 is 0. The molecule has 0 radical (unpaired) electrons. The fraction of sp³-hybridized carbons (Fsp3) is 0.0417. The third kappa shape index (κ3) is 5.41. The van der Waals surface area contributed by atoms with E-state index in [9.17, 15) is 5.11 Å². The maximum Gasteiger partial charge on any atom is 0.116 e. The number of nitrogens with zero attached hydrogens (tertiary/aromatic N) is 1. The molecule has 0 atom stereocenters. The van der Waals surface area contributed by atoms with Crippen LogP contribution in [0.25, 0.3) is 60.1 Å². The number of aromatic hydroxyl groups is 1. The zero-order chi connectivity index (χ0) is 33.4. The average Bonchev–Trinajstić information content (AvgIpc) is 3.19. The highest BCUT2D eigenvalue weighted by molar-refractivity contribution is 6.26. The summed E-state index contributed by atoms with van der Waals surface area (Å²) in [6, 6.07) is 58.2. The van der Waals surface area contributed by atoms with Crippen molar-refractivity contribution in [3.63, 3.8) is 0 Å². The number of phenols is 1. The van der Waals surface area contributed by atoms with Gasteiger partial charge < -0.3 is 10.0 Å². The van der Waals surface area contributed by atoms with E-state index in [4.69, 9.17) is 0 Å². The molecule has 1 N–H and O–H groups in total. The van der Waals surface area contributed by atoms with Gasteiger partial charge in [0.1, 0.15) is 5.75 Å². The van der Waals surface area contributed by atoms with Crippen LogP contribution < -0.4 is 4.90 Å². The highest BCUT2D eigenvalue weighted by atomic mass is 16.3. The first-order valence-electron chi connectivity index (χ1n) is 17.3. The fourth-order valence-electron chi connectivity index (χ4n) is 7.44. The van der Waals surface area contributed by atoms with Crippen molar-refractivity contribution in [1.82, 2.24) is 0 Å². The second-order valence-corrected chi connectivity index (χ2v) is 13.0. The Morgan fingerprint density at radius 3 is 1.46 bits per heavy atom. The lowest BCUT2D eigenvalue weighted by molar-refractivity contribution is 0.476. The maximum atomic E-state index is 10.3. The Morgan fingerprint density at radius 2 is 0.860 bits per heavy atom. The van der Waals surface area contributed by atoms with E-state index in [1.807, 2.05) is 12.1 Å². The van der Waals surface area contributed by atoms with Crippen molar-refractivity contribution in [3.05, 3.63) is 188 Å². The monoisotopic (exact) mass is 641 g/mol. The summed E-state index contributed by atoms with van der Waals surface area (Å²) in [5.74, 6) is 0.287. The molecule has 8 aromatic rings. The molecule has 238 valence electrons. The molecule has 0 fully saturated rings. The van der Waals surface area contributed by atoms with Gasteiger partial charge in [0.05, 0.1) is 0 Å². The molecule has 0 saturated carbocycles. The summed E-state index contributed by atoms with van der Waals surface area (Å²) in [7, 11) is 0. The molecule has 0 amide bonds. The van der Waals surface area contributed by atoms with Crippen molar-refractivity contribution >= 4 is 55.0 Å². The van der Waals surface area contributed by atoms with Crippen LogP contribution in [0.2, 0.25) is 0 Å². The minimum Gasteiger partial charge on any atom is -0.508 e. The van der Waals surface area contributed by atoms with Crippen LogP contribution in [0.1, 0.15) is 18.4 Å². The molecule has 50 heavy (non-hydrogen) atoms. The van der Waals surface area contributed by atoms with Crippen LogP contribution in [0.5, 0.6) is 5.75 Å². The molecule has 0 unspecified atom stereocenters. The van der Waals surface area contributed by atoms with Gasteiger partial charge in [-0.05, 0) is 133 Å². The fourth-order valence-corrected chi connectivity index (χ4v) is 7.44. The molecular weight excluding hydrogens is 607 g/mol. The van der Waals surface area contributed by atoms with Crippen LogP contribution in [-0.2, 0) is 0 Å². The van der Waals surface area contributed by atoms with Crippen molar-refractivity contribution in [2.45, 2.75) is 12.8 Å². The summed E-state index contributed by atoms with van der Waals surface area (Å²) in [5.41, 5.74) is 10.6. The van der Waals surface area contributed by atoms with Crippen molar-refractivity contribution in [2.75, 3.05) is 4.90 Å². The van der Waals surface area contributed by atoms with Gasteiger partial charge in [0.2, 0.25) is 0 Å². The molecule has 0 aromatic heterocycles. The van der Waals surface area contributed by atoms with Crippen LogP contribution in [0.4, 0.5) is 17.1 Å². The maximum absolute atomic E-state index is 10.3. The van der Waals surface area contributed by atoms with Gasteiger partial charge in [-0.2, -0.15) is 0 Å². The number of hydrogen-bond acceptors (Lipinski definition) is 2. The SMILES string of the molecule is Oc1ccc2c3ccc(-c4ccc(N(c5ccc(C6=CCCC=C6)cc5)c5ccc(-c6ccccc6)cc5)cc4)cc3c3ccccc3c2c1. The third-order valence-corrected chi connectivity index (χ3v) is 9.97. The first kappa shape index (κ1) is 29.7. The van der Waals surface area contributed by atoms with Crippen LogP contribution in [0.3, 0.4) is 0 Å². The first-order valence-corrected chi connectivity index (χ1v) is 17.3. The van der Waals surface area contributed by atoms with Crippen molar-refractivity contribution in [3.8, 4) is 28.0 Å². The van der Waals surface area contributed by atoms with E-state index in [0.29, 0.717) is 0 Å². The minimum atomic E-state index is 0.287. The van der Waals surface area contributed by atoms with Crippen LogP contribution in [0.15, 0.2) is 182 Å². The second kappa shape index (κ2) is 12.6. The molecule has 1 aliphatic rings. The lowest BCUT2D eigenvalue weighted by atomic mass is 9.92. The molecule has 0 aliphatic heterocycles. The van der Waals surface area contributed by atoms with E-state index >= 15 is 0 Å². The van der Waals surface area contributed by atoms with Crippen LogP contribution >= 0.6 is 0 Å². The Hall–Kier alpha value is -6.38. The molecule has 1 aliphatic carbocycles. The van der Waals surface area contributed by atoms with E-state index < -0.39 is 0 Å². The van der Waals surface area contributed by atoms with E-state index in [1.165, 1.54) is 44.0 Å². The summed E-state index contributed by atoms with van der Waals surface area (Å²) in [6.45, 7) is 0. The highest BCUT2D eigenvalue weighted by Crippen LogP contribution is 2.40. The van der Waals surface area contributed by atoms with Crippen molar-refractivity contribution < 1.29 is 5.11 Å². The normalized spacial score (nSPS) is 12.8. The summed E-state index contributed by atoms with van der Waals surface area (Å²) in [5, 5.41) is 17.2. The van der Waals surface area contributed by atoms with Gasteiger partial charge in [0.25, 0.3) is 0 Å². The van der Waals surface area contributed by atoms with Crippen molar-refractivity contribution in [1.29, 1.82) is 0 Å². The number of hydrogen-bond donors (Lipinski definition) is 1. The van der Waals surface area contributed by atoms with Gasteiger partial charge in [-0.3, -0.25) is 0 Å². The minimum absolute atomic E-state index is 0.287. The van der Waals surface area contributed by atoms with Crippen molar-refractivity contribution in [2.24, 2.45) is 0 Å². The Kier molecular flexibility index (Phi) is 7.48. The van der Waals surface area contributed by atoms with Gasteiger partial charge in [0, 0.05) is 17.1 Å². The standard InChI is InChI=1S/C48H35NO/c50-42-28-30-46-45-29-21-38(31-47(45)43-13-7-8-14-44(43)48(46)32-42)37-19-26-41(27-20-37)49(39-22-15-35(16-23-39)33-9-3-1-4-10-33)40-24-17-36(18-25-40)34-11-5-2-6-12-34/h1,3-5,7-32,50H,2,6H2. The number of phenolic OH excluding ortho intramolecular Hbond substituents is 1. The van der Waals surface area contributed by atoms with Gasteiger partial charge in [-0.15, -0.1) is 0 Å². The Bertz CT molecular complexity index is 2540. The smallest absolute Gasteiger partial charge is 0.116 e. The van der Waals surface area contributed by atoms with E-state index in [2.05, 4.69) is 169 Å². The lowest BCUT2D eigenvalue weighted by Gasteiger charge is -2.26. The quantitative estimate of drug-likeness (QED) is 0.183. The lowest BCUT2D eigenvalue weighted by Crippen LogP contribution is -2.10. The molecule has 2 nitrogen and oxygen atoms in total. The zero-order valence-corrected chi connectivity index (χ0v) is 27.6. The van der Waals surface area contributed by atoms with E-state index in [1.54, 1.807) is 6.07 Å². The summed E-state index contributed by atoms with van der Waals surface area (Å²) in [6.07, 6.45) is 9.03. The molecule has 0 heterocycles. The first-order chi connectivity index (χ1) is 24.7. The third-order valence-electron chi connectivity index (χ3n) is 9.97. The van der Waals surface area contributed by atoms with Gasteiger partial charge in [-0.25, -0.2) is 0 Å². The average molecular weight is 642 g/mol. The molecule has 9 rings (SSSR count). The largest absolute Gasteiger partial charge is 0.508 e. The number of benzene rings is 8.